The van der Waals surface area contributed by atoms with Crippen LogP contribution >= 0.6 is 0 Å². The second-order valence-electron chi connectivity index (χ2n) is 2.63. The first-order chi connectivity index (χ1) is 5.68. The number of carbonyl (C=O) groups excluding carboxylic acids is 1. The smallest absolute Gasteiger partial charge is 0.302 e. The monoisotopic (exact) mass is 192 g/mol. The van der Waals surface area contributed by atoms with Crippen LogP contribution in [0.15, 0.2) is 0 Å². The summed E-state index contributed by atoms with van der Waals surface area (Å²) in [5.41, 5.74) is 0. The van der Waals surface area contributed by atoms with Crippen molar-refractivity contribution in [2.45, 2.75) is 53.4 Å². The third-order valence-corrected chi connectivity index (χ3v) is 1.30. The summed E-state index contributed by atoms with van der Waals surface area (Å²) in [7, 11) is 0. The first-order valence-electron chi connectivity index (χ1n) is 4.82. The van der Waals surface area contributed by atoms with Crippen LogP contribution in [-0.4, -0.2) is 18.1 Å². The van der Waals surface area contributed by atoms with Crippen LogP contribution in [0.4, 0.5) is 0 Å². The van der Waals surface area contributed by atoms with Crippen molar-refractivity contribution in [1.82, 2.24) is 0 Å². The van der Waals surface area contributed by atoms with Crippen molar-refractivity contribution in [2.75, 3.05) is 6.61 Å². The fourth-order valence-electron chi connectivity index (χ4n) is 0.703. The van der Waals surface area contributed by atoms with E-state index in [0.29, 0.717) is 6.61 Å². The molecule has 0 aromatic heterocycles. The summed E-state index contributed by atoms with van der Waals surface area (Å²) in [6.45, 7) is 8.12. The van der Waals surface area contributed by atoms with Gasteiger partial charge in [0.2, 0.25) is 0 Å². The lowest BCUT2D eigenvalue weighted by atomic mass is 10.2. The van der Waals surface area contributed by atoms with E-state index in [9.17, 15) is 4.79 Å². The fourth-order valence-corrected chi connectivity index (χ4v) is 0.703. The Kier molecular flexibility index (Phi) is 24.6. The quantitative estimate of drug-likeness (QED) is 0.507. The molecule has 0 saturated heterocycles. The van der Waals surface area contributed by atoms with Crippen LogP contribution in [0, 0.1) is 0 Å². The maximum absolute atomic E-state index is 9.82. The molecule has 0 unspecified atom stereocenters. The second-order valence-corrected chi connectivity index (χ2v) is 2.63. The maximum atomic E-state index is 9.82. The average Bonchev–Trinajstić information content (AvgIpc) is 2.02. The molecular formula is C10H24O3. The Morgan fingerprint density at radius 2 is 1.46 bits per heavy atom. The number of ether oxygens (including phenoxy) is 1. The van der Waals surface area contributed by atoms with Gasteiger partial charge in [-0.2, -0.15) is 0 Å². The minimum atomic E-state index is -0.211. The largest absolute Gasteiger partial charge is 0.466 e. The highest BCUT2D eigenvalue weighted by Crippen LogP contribution is 1.95. The average molecular weight is 192 g/mol. The first-order valence-corrected chi connectivity index (χ1v) is 4.82. The predicted octanol–water partition coefficient (Wildman–Crippen LogP) is 2.33. The molecule has 0 saturated carbocycles. The second kappa shape index (κ2) is 17.5. The van der Waals surface area contributed by atoms with Gasteiger partial charge in [-0.05, 0) is 6.92 Å². The van der Waals surface area contributed by atoms with Gasteiger partial charge in [-0.15, -0.1) is 0 Å². The van der Waals surface area contributed by atoms with E-state index in [1.54, 1.807) is 6.92 Å². The van der Waals surface area contributed by atoms with Gasteiger partial charge >= 0.3 is 5.97 Å². The molecule has 0 aromatic carbocycles. The molecule has 0 rings (SSSR count). The molecule has 0 amide bonds. The Morgan fingerprint density at radius 3 is 1.54 bits per heavy atom. The van der Waals surface area contributed by atoms with Crippen LogP contribution < -0.4 is 0 Å². The van der Waals surface area contributed by atoms with Crippen molar-refractivity contribution in [3.8, 4) is 0 Å². The van der Waals surface area contributed by atoms with Crippen LogP contribution in [0.1, 0.15) is 53.4 Å². The molecule has 0 bridgehead atoms. The Labute approximate surface area is 81.8 Å². The molecule has 0 heterocycles. The number of esters is 1. The summed E-state index contributed by atoms with van der Waals surface area (Å²) in [6.07, 6.45) is 5.54. The van der Waals surface area contributed by atoms with E-state index >= 15 is 0 Å². The van der Waals surface area contributed by atoms with Crippen LogP contribution in [-0.2, 0) is 9.53 Å². The van der Waals surface area contributed by atoms with Crippen molar-refractivity contribution < 1.29 is 15.0 Å². The zero-order valence-electron chi connectivity index (χ0n) is 9.35. The molecule has 3 heteroatoms. The van der Waals surface area contributed by atoms with Crippen LogP contribution in [0.5, 0.6) is 0 Å². The highest BCUT2D eigenvalue weighted by molar-refractivity contribution is 5.65. The van der Waals surface area contributed by atoms with E-state index in [1.807, 2.05) is 0 Å². The molecular weight excluding hydrogens is 168 g/mol. The zero-order chi connectivity index (χ0) is 9.82. The summed E-state index contributed by atoms with van der Waals surface area (Å²) in [5, 5.41) is 0. The van der Waals surface area contributed by atoms with E-state index in [-0.39, 0.29) is 11.4 Å². The van der Waals surface area contributed by atoms with Crippen LogP contribution in [0.25, 0.3) is 0 Å². The minimum Gasteiger partial charge on any atom is -0.466 e. The maximum Gasteiger partial charge on any atom is 0.302 e. The van der Waals surface area contributed by atoms with Crippen molar-refractivity contribution in [2.24, 2.45) is 0 Å². The van der Waals surface area contributed by atoms with E-state index in [0.717, 1.165) is 0 Å². The Bertz CT molecular complexity index is 88.2. The summed E-state index contributed by atoms with van der Waals surface area (Å²) >= 11 is 0. The third-order valence-electron chi connectivity index (χ3n) is 1.30. The summed E-state index contributed by atoms with van der Waals surface area (Å²) in [5.74, 6) is -0.211. The molecule has 0 aliphatic heterocycles. The number of hydrogen-bond acceptors (Lipinski definition) is 2. The van der Waals surface area contributed by atoms with Gasteiger partial charge < -0.3 is 10.2 Å². The lowest BCUT2D eigenvalue weighted by molar-refractivity contribution is -0.140. The highest BCUT2D eigenvalue weighted by Gasteiger charge is 1.81. The molecule has 0 aliphatic carbocycles. The molecule has 3 nitrogen and oxygen atoms in total. The Balaban J connectivity index is -0.000000143. The predicted molar refractivity (Wildman–Crippen MR) is 55.7 cm³/mol. The summed E-state index contributed by atoms with van der Waals surface area (Å²) in [4.78, 5) is 9.82. The Morgan fingerprint density at radius 1 is 1.08 bits per heavy atom. The number of hydrogen-bond donors (Lipinski definition) is 0. The molecule has 82 valence electrons. The van der Waals surface area contributed by atoms with Crippen molar-refractivity contribution in [3.05, 3.63) is 0 Å². The first kappa shape index (κ1) is 18.3. The van der Waals surface area contributed by atoms with Crippen molar-refractivity contribution in [1.29, 1.82) is 0 Å². The topological polar surface area (TPSA) is 57.8 Å². The van der Waals surface area contributed by atoms with Gasteiger partial charge in [-0.25, -0.2) is 0 Å². The van der Waals surface area contributed by atoms with E-state index < -0.39 is 0 Å². The van der Waals surface area contributed by atoms with Crippen LogP contribution in [0.3, 0.4) is 0 Å². The third kappa shape index (κ3) is 34.5. The summed E-state index contributed by atoms with van der Waals surface area (Å²) in [6, 6.07) is 0. The van der Waals surface area contributed by atoms with Gasteiger partial charge in [-0.1, -0.05) is 39.5 Å². The van der Waals surface area contributed by atoms with Crippen molar-refractivity contribution in [3.63, 3.8) is 0 Å². The van der Waals surface area contributed by atoms with E-state index in [2.05, 4.69) is 18.6 Å². The van der Waals surface area contributed by atoms with Gasteiger partial charge in [-0.3, -0.25) is 4.79 Å². The van der Waals surface area contributed by atoms with Gasteiger partial charge in [0.25, 0.3) is 0 Å². The van der Waals surface area contributed by atoms with Gasteiger partial charge in [0.05, 0.1) is 6.61 Å². The lowest BCUT2D eigenvalue weighted by Gasteiger charge is -1.89. The summed E-state index contributed by atoms with van der Waals surface area (Å²) < 4.78 is 4.40. The number of unbranched alkanes of at least 4 members (excludes halogenated alkanes) is 3. The molecule has 0 fully saturated rings. The van der Waals surface area contributed by atoms with E-state index in [4.69, 9.17) is 0 Å². The molecule has 13 heavy (non-hydrogen) atoms. The molecule has 0 atom stereocenters. The molecule has 2 N–H and O–H groups in total. The standard InChI is InChI=1S/C6H14.C4H8O2.H2O/c1-3-5-6-4-2;1-3-6-4(2)5;/h3-6H2,1-2H3;3H2,1-2H3;1H2. The number of carbonyl (C=O) groups is 1. The van der Waals surface area contributed by atoms with Gasteiger partial charge in [0.1, 0.15) is 0 Å². The molecule has 0 radical (unpaired) electrons. The van der Waals surface area contributed by atoms with Gasteiger partial charge in [0, 0.05) is 6.92 Å². The van der Waals surface area contributed by atoms with Gasteiger partial charge in [0.15, 0.2) is 0 Å². The molecule has 0 spiro atoms. The lowest BCUT2D eigenvalue weighted by Crippen LogP contribution is -1.95. The van der Waals surface area contributed by atoms with Crippen molar-refractivity contribution >= 4 is 5.97 Å². The normalized spacial score (nSPS) is 7.69. The molecule has 0 aliphatic rings. The number of rotatable bonds is 4. The molecule has 0 aromatic rings. The Hall–Kier alpha value is -0.570. The highest BCUT2D eigenvalue weighted by atomic mass is 16.5. The fraction of sp³-hybridized carbons (Fsp3) is 0.900. The SMILES string of the molecule is CCCCCC.CCOC(C)=O.O. The minimum absolute atomic E-state index is 0. The zero-order valence-corrected chi connectivity index (χ0v) is 9.35. The van der Waals surface area contributed by atoms with E-state index in [1.165, 1.54) is 32.6 Å². The van der Waals surface area contributed by atoms with Crippen LogP contribution in [0.2, 0.25) is 0 Å².